The van der Waals surface area contributed by atoms with Crippen molar-refractivity contribution in [2.75, 3.05) is 13.7 Å². The van der Waals surface area contributed by atoms with Gasteiger partial charge in [0.15, 0.2) is 0 Å². The minimum Gasteiger partial charge on any atom is -0.497 e. The molecule has 1 N–H and O–H groups in total. The molecule has 0 aliphatic heterocycles. The summed E-state index contributed by atoms with van der Waals surface area (Å²) in [5, 5.41) is 10.5. The fourth-order valence-electron chi connectivity index (χ4n) is 3.53. The van der Waals surface area contributed by atoms with Gasteiger partial charge in [0.2, 0.25) is 0 Å². The number of aromatic nitrogens is 3. The molecule has 154 valence electrons. The Bertz CT molecular complexity index is 1220. The molecule has 0 spiro atoms. The molecule has 0 saturated heterocycles. The maximum atomic E-state index is 11.6. The van der Waals surface area contributed by atoms with E-state index < -0.39 is 6.09 Å². The van der Waals surface area contributed by atoms with Crippen molar-refractivity contribution in [3.05, 3.63) is 64.5 Å². The van der Waals surface area contributed by atoms with Crippen LogP contribution < -0.4 is 4.74 Å². The largest absolute Gasteiger partial charge is 0.497 e. The van der Waals surface area contributed by atoms with Crippen LogP contribution in [-0.4, -0.2) is 44.3 Å². The van der Waals surface area contributed by atoms with Crippen molar-refractivity contribution >= 4 is 44.0 Å². The lowest BCUT2D eigenvalue weighted by Gasteiger charge is -2.18. The molecule has 7 nitrogen and oxygen atoms in total. The van der Waals surface area contributed by atoms with E-state index in [-0.39, 0.29) is 6.54 Å². The molecule has 0 atom stereocenters. The predicted octanol–water partition coefficient (Wildman–Crippen LogP) is 4.90. The average Bonchev–Trinajstić information content (AvgIpc) is 3.09. The second-order valence-electron chi connectivity index (χ2n) is 6.91. The van der Waals surface area contributed by atoms with Gasteiger partial charge in [-0.15, -0.1) is 0 Å². The van der Waals surface area contributed by atoms with Gasteiger partial charge in [-0.3, -0.25) is 4.98 Å². The second-order valence-corrected chi connectivity index (χ2v) is 7.83. The Balaban J connectivity index is 1.89. The smallest absolute Gasteiger partial charge is 0.407 e. The topological polar surface area (TPSA) is 80.5 Å². The number of pyridine rings is 1. The molecule has 2 aromatic heterocycles. The van der Waals surface area contributed by atoms with Crippen molar-refractivity contribution in [3.63, 3.8) is 0 Å². The molecule has 4 rings (SSSR count). The van der Waals surface area contributed by atoms with Crippen LogP contribution in [0.2, 0.25) is 0 Å². The Kier molecular flexibility index (Phi) is 5.59. The number of fused-ring (bicyclic) bond motifs is 3. The number of carbonyl (C=O) groups is 1. The normalized spacial score (nSPS) is 11.2. The Labute approximate surface area is 182 Å². The fraction of sp³-hybridized carbons (Fsp3) is 0.227. The zero-order valence-corrected chi connectivity index (χ0v) is 18.3. The summed E-state index contributed by atoms with van der Waals surface area (Å²) >= 11 is 3.50. The van der Waals surface area contributed by atoms with Gasteiger partial charge in [0.05, 0.1) is 30.9 Å². The molecule has 0 aliphatic rings. The molecule has 0 radical (unpaired) electrons. The summed E-state index contributed by atoms with van der Waals surface area (Å²) in [6.45, 7) is 2.96. The lowest BCUT2D eigenvalue weighted by molar-refractivity contribution is 0.143. The molecule has 0 saturated carbocycles. The molecule has 8 heteroatoms. The van der Waals surface area contributed by atoms with Crippen LogP contribution in [0.3, 0.4) is 0 Å². The molecule has 0 bridgehead atoms. The van der Waals surface area contributed by atoms with Gasteiger partial charge in [-0.25, -0.2) is 9.78 Å². The van der Waals surface area contributed by atoms with Crippen LogP contribution in [0.15, 0.2) is 53.1 Å². The summed E-state index contributed by atoms with van der Waals surface area (Å²) in [4.78, 5) is 22.2. The first-order chi connectivity index (χ1) is 14.5. The summed E-state index contributed by atoms with van der Waals surface area (Å²) in [7, 11) is 1.64. The van der Waals surface area contributed by atoms with Crippen molar-refractivity contribution in [1.29, 1.82) is 0 Å². The van der Waals surface area contributed by atoms with E-state index in [4.69, 9.17) is 9.72 Å². The van der Waals surface area contributed by atoms with Crippen molar-refractivity contribution < 1.29 is 14.6 Å². The minimum absolute atomic E-state index is 0.203. The predicted molar refractivity (Wildman–Crippen MR) is 119 cm³/mol. The number of amides is 1. The van der Waals surface area contributed by atoms with Crippen LogP contribution >= 0.6 is 15.9 Å². The molecule has 0 fully saturated rings. The van der Waals surface area contributed by atoms with Crippen molar-refractivity contribution in [1.82, 2.24) is 19.4 Å². The third kappa shape index (κ3) is 3.82. The molecule has 0 unspecified atom stereocenters. The number of imidazole rings is 1. The Morgan fingerprint density at radius 2 is 1.97 bits per heavy atom. The van der Waals surface area contributed by atoms with Gasteiger partial charge in [-0.2, -0.15) is 0 Å². The zero-order chi connectivity index (χ0) is 21.3. The van der Waals surface area contributed by atoms with E-state index in [1.54, 1.807) is 13.3 Å². The zero-order valence-electron chi connectivity index (χ0n) is 16.7. The highest BCUT2D eigenvalue weighted by Crippen LogP contribution is 2.28. The van der Waals surface area contributed by atoms with Gasteiger partial charge in [0.25, 0.3) is 0 Å². The van der Waals surface area contributed by atoms with E-state index in [1.807, 2.05) is 49.4 Å². The summed E-state index contributed by atoms with van der Waals surface area (Å²) in [5.41, 5.74) is 3.61. The Morgan fingerprint density at radius 1 is 1.20 bits per heavy atom. The molecule has 2 heterocycles. The lowest BCUT2D eigenvalue weighted by atomic mass is 10.1. The maximum Gasteiger partial charge on any atom is 0.407 e. The third-order valence-corrected chi connectivity index (χ3v) is 5.59. The van der Waals surface area contributed by atoms with Gasteiger partial charge in [-0.1, -0.05) is 28.1 Å². The Hall–Kier alpha value is -3.13. The van der Waals surface area contributed by atoms with E-state index in [0.717, 1.165) is 37.7 Å². The quantitative estimate of drug-likeness (QED) is 0.435. The lowest BCUT2D eigenvalue weighted by Crippen LogP contribution is -2.30. The van der Waals surface area contributed by atoms with E-state index in [1.165, 1.54) is 4.90 Å². The molecular formula is C22H21BrN4O3. The average molecular weight is 469 g/mol. The van der Waals surface area contributed by atoms with Crippen LogP contribution in [0.5, 0.6) is 5.75 Å². The molecule has 1 amide bonds. The third-order valence-electron chi connectivity index (χ3n) is 5.10. The molecular weight excluding hydrogens is 448 g/mol. The summed E-state index contributed by atoms with van der Waals surface area (Å²) in [6.07, 6.45) is 0.780. The van der Waals surface area contributed by atoms with Crippen LogP contribution in [0.1, 0.15) is 18.3 Å². The van der Waals surface area contributed by atoms with Crippen LogP contribution in [0, 0.1) is 0 Å². The van der Waals surface area contributed by atoms with Gasteiger partial charge < -0.3 is 19.3 Å². The van der Waals surface area contributed by atoms with E-state index in [2.05, 4.69) is 25.5 Å². The monoisotopic (exact) mass is 468 g/mol. The SMILES string of the molecule is CCN(Cc1nc2cnc3cc(Br)ccc3c2n1Cc1ccc(OC)cc1)C(=O)O. The van der Waals surface area contributed by atoms with Crippen LogP contribution in [-0.2, 0) is 13.1 Å². The maximum absolute atomic E-state index is 11.6. The second kappa shape index (κ2) is 8.31. The number of rotatable bonds is 6. The highest BCUT2D eigenvalue weighted by molar-refractivity contribution is 9.10. The minimum atomic E-state index is -0.965. The van der Waals surface area contributed by atoms with Crippen LogP contribution in [0.25, 0.3) is 21.9 Å². The number of ether oxygens (including phenoxy) is 1. The number of methoxy groups -OCH3 is 1. The van der Waals surface area contributed by atoms with Crippen molar-refractivity contribution in [2.45, 2.75) is 20.0 Å². The van der Waals surface area contributed by atoms with E-state index in [9.17, 15) is 9.90 Å². The molecule has 2 aromatic carbocycles. The van der Waals surface area contributed by atoms with E-state index >= 15 is 0 Å². The molecule has 4 aromatic rings. The summed E-state index contributed by atoms with van der Waals surface area (Å²) in [6, 6.07) is 13.8. The molecule has 30 heavy (non-hydrogen) atoms. The number of hydrogen-bond donors (Lipinski definition) is 1. The van der Waals surface area contributed by atoms with Gasteiger partial charge in [-0.05, 0) is 42.8 Å². The van der Waals surface area contributed by atoms with Gasteiger partial charge >= 0.3 is 6.09 Å². The number of carboxylic acid groups (broad SMARTS) is 1. The molecule has 0 aliphatic carbocycles. The first-order valence-electron chi connectivity index (χ1n) is 9.54. The fourth-order valence-corrected chi connectivity index (χ4v) is 3.87. The number of halogens is 1. The van der Waals surface area contributed by atoms with Crippen molar-refractivity contribution in [2.24, 2.45) is 0 Å². The van der Waals surface area contributed by atoms with E-state index in [0.29, 0.717) is 18.9 Å². The number of nitrogens with zero attached hydrogens (tertiary/aromatic N) is 4. The summed E-state index contributed by atoms with van der Waals surface area (Å²) in [5.74, 6) is 1.47. The number of benzene rings is 2. The highest BCUT2D eigenvalue weighted by Gasteiger charge is 2.19. The van der Waals surface area contributed by atoms with Gasteiger partial charge in [0, 0.05) is 22.9 Å². The number of hydrogen-bond acceptors (Lipinski definition) is 4. The summed E-state index contributed by atoms with van der Waals surface area (Å²) < 4.78 is 8.29. The van der Waals surface area contributed by atoms with Crippen LogP contribution in [0.4, 0.5) is 4.79 Å². The Morgan fingerprint density at radius 3 is 2.63 bits per heavy atom. The standard InChI is InChI=1S/C22H21BrN4O3/c1-3-26(22(28)29)13-20-25-19-11-24-18-10-15(23)6-9-17(18)21(19)27(20)12-14-4-7-16(30-2)8-5-14/h4-11H,3,12-13H2,1-2H3,(H,28,29). The first kappa shape index (κ1) is 20.2. The first-order valence-corrected chi connectivity index (χ1v) is 10.3. The van der Waals surface area contributed by atoms with Gasteiger partial charge in [0.1, 0.15) is 17.1 Å². The van der Waals surface area contributed by atoms with Crippen molar-refractivity contribution in [3.8, 4) is 5.75 Å². The highest BCUT2D eigenvalue weighted by atomic mass is 79.9.